The zero-order chi connectivity index (χ0) is 10.8. The van der Waals surface area contributed by atoms with Crippen molar-refractivity contribution < 1.29 is 9.90 Å². The molecule has 1 N–H and O–H groups in total. The maximum absolute atomic E-state index is 11.2. The lowest BCUT2D eigenvalue weighted by atomic mass is 9.87. The summed E-state index contributed by atoms with van der Waals surface area (Å²) >= 11 is 0. The molecule has 1 rings (SSSR count). The lowest BCUT2D eigenvalue weighted by Crippen LogP contribution is -2.57. The summed E-state index contributed by atoms with van der Waals surface area (Å²) in [5.41, 5.74) is -0.854. The van der Waals surface area contributed by atoms with Gasteiger partial charge in [-0.2, -0.15) is 5.26 Å². The summed E-state index contributed by atoms with van der Waals surface area (Å²) in [6.07, 6.45) is 2.54. The number of nitriles is 1. The predicted octanol–water partition coefficient (Wildman–Crippen LogP) is 1.23. The van der Waals surface area contributed by atoms with Gasteiger partial charge in [-0.25, -0.2) is 0 Å². The number of hydrogen-bond acceptors (Lipinski definition) is 3. The monoisotopic (exact) mass is 196 g/mol. The van der Waals surface area contributed by atoms with Gasteiger partial charge in [0.25, 0.3) is 0 Å². The Hall–Kier alpha value is -1.08. The number of carboxylic acids is 1. The number of carbonyl (C=O) groups is 1. The van der Waals surface area contributed by atoms with E-state index in [1.807, 2.05) is 0 Å². The van der Waals surface area contributed by atoms with Gasteiger partial charge in [0, 0.05) is 6.54 Å². The molecule has 1 saturated heterocycles. The van der Waals surface area contributed by atoms with Crippen LogP contribution in [0.5, 0.6) is 0 Å². The number of nitrogens with zero attached hydrogens (tertiary/aromatic N) is 2. The van der Waals surface area contributed by atoms with Crippen LogP contribution < -0.4 is 0 Å². The number of hydrogen-bond donors (Lipinski definition) is 1. The van der Waals surface area contributed by atoms with E-state index in [0.29, 0.717) is 13.0 Å². The molecule has 4 nitrogen and oxygen atoms in total. The number of likely N-dealkylation sites (tertiary alicyclic amines) is 1. The highest BCUT2D eigenvalue weighted by molar-refractivity contribution is 5.78. The summed E-state index contributed by atoms with van der Waals surface area (Å²) in [4.78, 5) is 12.9. The zero-order valence-electron chi connectivity index (χ0n) is 8.66. The molecule has 0 aromatic heterocycles. The molecule has 0 aromatic carbocycles. The number of aliphatic carboxylic acids is 1. The van der Waals surface area contributed by atoms with E-state index in [1.165, 1.54) is 0 Å². The maximum atomic E-state index is 11.2. The molecule has 2 atom stereocenters. The first-order valence-electron chi connectivity index (χ1n) is 4.92. The van der Waals surface area contributed by atoms with E-state index in [-0.39, 0.29) is 6.04 Å². The van der Waals surface area contributed by atoms with Crippen molar-refractivity contribution in [3.63, 3.8) is 0 Å². The second kappa shape index (κ2) is 3.97. The third kappa shape index (κ3) is 1.73. The van der Waals surface area contributed by atoms with Crippen molar-refractivity contribution in [2.75, 3.05) is 6.54 Å². The Morgan fingerprint density at radius 2 is 2.29 bits per heavy atom. The molecule has 78 valence electrons. The van der Waals surface area contributed by atoms with E-state index in [2.05, 4.69) is 6.07 Å². The first-order chi connectivity index (χ1) is 6.52. The molecule has 0 saturated carbocycles. The van der Waals surface area contributed by atoms with E-state index in [0.717, 1.165) is 12.8 Å². The van der Waals surface area contributed by atoms with Gasteiger partial charge in [-0.15, -0.1) is 0 Å². The number of carboxylic acid groups (broad SMARTS) is 1. The quantitative estimate of drug-likeness (QED) is 0.721. The van der Waals surface area contributed by atoms with Gasteiger partial charge >= 0.3 is 5.97 Å². The average Bonchev–Trinajstić information content (AvgIpc) is 2.17. The highest BCUT2D eigenvalue weighted by atomic mass is 16.4. The molecule has 0 bridgehead atoms. The minimum absolute atomic E-state index is 0.323. The summed E-state index contributed by atoms with van der Waals surface area (Å²) < 4.78 is 0. The van der Waals surface area contributed by atoms with Crippen LogP contribution >= 0.6 is 0 Å². The Morgan fingerprint density at radius 3 is 2.79 bits per heavy atom. The van der Waals surface area contributed by atoms with Crippen molar-refractivity contribution in [2.24, 2.45) is 0 Å². The highest BCUT2D eigenvalue weighted by Gasteiger charge is 2.43. The Labute approximate surface area is 84.1 Å². The molecule has 14 heavy (non-hydrogen) atoms. The minimum Gasteiger partial charge on any atom is -0.480 e. The van der Waals surface area contributed by atoms with Gasteiger partial charge in [0.15, 0.2) is 0 Å². The van der Waals surface area contributed by atoms with E-state index in [9.17, 15) is 4.79 Å². The van der Waals surface area contributed by atoms with Crippen molar-refractivity contribution in [3.8, 4) is 6.07 Å². The molecule has 0 aliphatic carbocycles. The smallest absolute Gasteiger partial charge is 0.323 e. The van der Waals surface area contributed by atoms with Crippen LogP contribution in [-0.2, 0) is 4.79 Å². The van der Waals surface area contributed by atoms with Gasteiger partial charge in [-0.1, -0.05) is 0 Å². The van der Waals surface area contributed by atoms with Crippen molar-refractivity contribution in [3.05, 3.63) is 0 Å². The lowest BCUT2D eigenvalue weighted by Gasteiger charge is -2.42. The second-order valence-electron chi connectivity index (χ2n) is 4.03. The lowest BCUT2D eigenvalue weighted by molar-refractivity contribution is -0.153. The predicted molar refractivity (Wildman–Crippen MR) is 51.7 cm³/mol. The van der Waals surface area contributed by atoms with Crippen LogP contribution in [0.25, 0.3) is 0 Å². The summed E-state index contributed by atoms with van der Waals surface area (Å²) in [5, 5.41) is 18.0. The van der Waals surface area contributed by atoms with Crippen molar-refractivity contribution in [2.45, 2.75) is 44.7 Å². The largest absolute Gasteiger partial charge is 0.480 e. The topological polar surface area (TPSA) is 64.3 Å². The Kier molecular flexibility index (Phi) is 3.12. The van der Waals surface area contributed by atoms with Crippen molar-refractivity contribution in [1.82, 2.24) is 4.90 Å². The summed E-state index contributed by atoms with van der Waals surface area (Å²) in [6, 6.07) is 1.78. The molecule has 4 heteroatoms. The van der Waals surface area contributed by atoms with Crippen molar-refractivity contribution in [1.29, 1.82) is 5.26 Å². The molecule has 1 aliphatic rings. The number of rotatable bonds is 2. The third-order valence-corrected chi connectivity index (χ3v) is 3.06. The fraction of sp³-hybridized carbons (Fsp3) is 0.800. The molecule has 0 radical (unpaired) electrons. The molecule has 1 fully saturated rings. The standard InChI is InChI=1S/C10H16N2O2/c1-8(7-11)12-6-4-3-5-10(12,2)9(13)14/h8H,3-6H2,1-2H3,(H,13,14). The second-order valence-corrected chi connectivity index (χ2v) is 4.03. The molecule has 0 aromatic rings. The zero-order valence-corrected chi connectivity index (χ0v) is 8.66. The Morgan fingerprint density at radius 1 is 1.64 bits per heavy atom. The van der Waals surface area contributed by atoms with Gasteiger partial charge in [-0.05, 0) is 33.1 Å². The summed E-state index contributed by atoms with van der Waals surface area (Å²) in [7, 11) is 0. The number of piperidine rings is 1. The SMILES string of the molecule is CC(C#N)N1CCCCC1(C)C(=O)O. The van der Waals surface area contributed by atoms with Crippen LogP contribution in [0, 0.1) is 11.3 Å². The first kappa shape index (κ1) is 11.0. The summed E-state index contributed by atoms with van der Waals surface area (Å²) in [6.45, 7) is 4.17. The van der Waals surface area contributed by atoms with Gasteiger partial charge in [-0.3, -0.25) is 9.69 Å². The molecule has 0 spiro atoms. The van der Waals surface area contributed by atoms with Crippen LogP contribution in [0.4, 0.5) is 0 Å². The van der Waals surface area contributed by atoms with Gasteiger partial charge in [0.2, 0.25) is 0 Å². The molecule has 1 aliphatic heterocycles. The van der Waals surface area contributed by atoms with Crippen LogP contribution in [-0.4, -0.2) is 34.1 Å². The van der Waals surface area contributed by atoms with E-state index in [4.69, 9.17) is 10.4 Å². The Bertz CT molecular complexity index is 272. The van der Waals surface area contributed by atoms with Gasteiger partial charge in [0.1, 0.15) is 5.54 Å². The molecule has 0 amide bonds. The van der Waals surface area contributed by atoms with Crippen LogP contribution in [0.2, 0.25) is 0 Å². The highest BCUT2D eigenvalue weighted by Crippen LogP contribution is 2.29. The molecule has 2 unspecified atom stereocenters. The maximum Gasteiger partial charge on any atom is 0.323 e. The van der Waals surface area contributed by atoms with Crippen LogP contribution in [0.3, 0.4) is 0 Å². The normalized spacial score (nSPS) is 30.6. The fourth-order valence-electron chi connectivity index (χ4n) is 2.06. The summed E-state index contributed by atoms with van der Waals surface area (Å²) in [5.74, 6) is -0.820. The first-order valence-corrected chi connectivity index (χ1v) is 4.92. The van der Waals surface area contributed by atoms with E-state index >= 15 is 0 Å². The van der Waals surface area contributed by atoms with Crippen molar-refractivity contribution >= 4 is 5.97 Å². The van der Waals surface area contributed by atoms with E-state index in [1.54, 1.807) is 18.7 Å². The minimum atomic E-state index is -0.854. The van der Waals surface area contributed by atoms with Crippen LogP contribution in [0.1, 0.15) is 33.1 Å². The van der Waals surface area contributed by atoms with E-state index < -0.39 is 11.5 Å². The van der Waals surface area contributed by atoms with Crippen LogP contribution in [0.15, 0.2) is 0 Å². The Balaban J connectivity index is 2.90. The average molecular weight is 196 g/mol. The fourth-order valence-corrected chi connectivity index (χ4v) is 2.06. The third-order valence-electron chi connectivity index (χ3n) is 3.06. The van der Waals surface area contributed by atoms with Gasteiger partial charge < -0.3 is 5.11 Å². The van der Waals surface area contributed by atoms with Gasteiger partial charge in [0.05, 0.1) is 12.1 Å². The molecular formula is C10H16N2O2. The molecule has 1 heterocycles. The molecular weight excluding hydrogens is 180 g/mol.